The second-order valence-corrected chi connectivity index (χ2v) is 9.68. The van der Waals surface area contributed by atoms with Gasteiger partial charge in [0, 0.05) is 40.7 Å². The molecule has 0 aromatic heterocycles. The summed E-state index contributed by atoms with van der Waals surface area (Å²) in [5.74, 6) is -2.68. The van der Waals surface area contributed by atoms with Crippen molar-refractivity contribution in [2.75, 3.05) is 20.2 Å². The Balaban J connectivity index is 1.77. The van der Waals surface area contributed by atoms with Gasteiger partial charge in [-0.15, -0.1) is 0 Å². The summed E-state index contributed by atoms with van der Waals surface area (Å²) in [5, 5.41) is 16.4. The number of aliphatic carboxylic acids is 1. The fourth-order valence-electron chi connectivity index (χ4n) is 5.48. The molecule has 3 unspecified atom stereocenters. The molecule has 198 valence electrons. The lowest BCUT2D eigenvalue weighted by Crippen LogP contribution is -2.61. The van der Waals surface area contributed by atoms with Gasteiger partial charge in [-0.1, -0.05) is 30.3 Å². The average molecular weight is 512 g/mol. The lowest BCUT2D eigenvalue weighted by Gasteiger charge is -2.51. The molecule has 9 heteroatoms. The number of rotatable bonds is 9. The Morgan fingerprint density at radius 2 is 1.97 bits per heavy atom. The normalized spacial score (nSPS) is 22.9. The van der Waals surface area contributed by atoms with E-state index in [-0.39, 0.29) is 31.0 Å². The number of nitrogens with one attached hydrogen (secondary N) is 1. The second kappa shape index (κ2) is 10.9. The quantitative estimate of drug-likeness (QED) is 0.405. The first-order valence-electron chi connectivity index (χ1n) is 12.4. The van der Waals surface area contributed by atoms with Crippen molar-refractivity contribution in [3.63, 3.8) is 0 Å². The highest BCUT2D eigenvalue weighted by Crippen LogP contribution is 2.53. The van der Waals surface area contributed by atoms with Gasteiger partial charge in [0.1, 0.15) is 12.4 Å². The molecule has 0 fully saturated rings. The Morgan fingerprint density at radius 1 is 1.24 bits per heavy atom. The van der Waals surface area contributed by atoms with Crippen LogP contribution >= 0.6 is 0 Å². The lowest BCUT2D eigenvalue weighted by molar-refractivity contribution is -0.322. The number of esters is 1. The third-order valence-corrected chi connectivity index (χ3v) is 7.36. The number of para-hydroxylation sites is 1. The van der Waals surface area contributed by atoms with Gasteiger partial charge in [-0.3, -0.25) is 0 Å². The van der Waals surface area contributed by atoms with Crippen molar-refractivity contribution in [1.82, 2.24) is 10.2 Å². The Hall–Kier alpha value is -3.43. The molecule has 2 heterocycles. The van der Waals surface area contributed by atoms with Crippen LogP contribution in [0.5, 0.6) is 5.75 Å². The molecule has 0 saturated carbocycles. The zero-order valence-electron chi connectivity index (χ0n) is 21.5. The third-order valence-electron chi connectivity index (χ3n) is 7.36. The minimum atomic E-state index is -1.53. The van der Waals surface area contributed by atoms with Gasteiger partial charge in [-0.2, -0.15) is 4.89 Å². The van der Waals surface area contributed by atoms with Crippen LogP contribution in [-0.2, 0) is 32.4 Å². The molecule has 1 N–H and O–H groups in total. The zero-order chi connectivity index (χ0) is 26.7. The fourth-order valence-corrected chi connectivity index (χ4v) is 5.48. The molecule has 3 atom stereocenters. The van der Waals surface area contributed by atoms with E-state index in [0.717, 1.165) is 11.1 Å². The van der Waals surface area contributed by atoms with E-state index in [1.807, 2.05) is 18.0 Å². The smallest absolute Gasteiger partial charge is 0.336 e. The third kappa shape index (κ3) is 5.06. The molecule has 4 rings (SSSR count). The van der Waals surface area contributed by atoms with Crippen molar-refractivity contribution in [1.29, 1.82) is 0 Å². The molecule has 0 bridgehead atoms. The minimum absolute atomic E-state index is 0.142. The molecule has 0 radical (unpaired) electrons. The summed E-state index contributed by atoms with van der Waals surface area (Å²) in [7, 11) is 1.87. The second-order valence-electron chi connectivity index (χ2n) is 9.68. The van der Waals surface area contributed by atoms with E-state index in [1.54, 1.807) is 45.0 Å². The number of fused-ring (bicyclic) bond motifs is 1. The van der Waals surface area contributed by atoms with Crippen LogP contribution in [0.3, 0.4) is 0 Å². The number of carboxylic acids is 1. The van der Waals surface area contributed by atoms with Gasteiger partial charge < -0.3 is 29.7 Å². The predicted octanol–water partition coefficient (Wildman–Crippen LogP) is 2.82. The van der Waals surface area contributed by atoms with Crippen molar-refractivity contribution >= 4 is 11.9 Å². The van der Waals surface area contributed by atoms with Gasteiger partial charge in [-0.25, -0.2) is 9.18 Å². The van der Waals surface area contributed by atoms with Gasteiger partial charge in [0.05, 0.1) is 18.1 Å². The molecule has 0 aliphatic carbocycles. The van der Waals surface area contributed by atoms with Crippen LogP contribution in [0.4, 0.5) is 4.39 Å². The molecule has 8 nitrogen and oxygen atoms in total. The van der Waals surface area contributed by atoms with E-state index in [2.05, 4.69) is 5.32 Å². The average Bonchev–Trinajstić information content (AvgIpc) is 3.34. The van der Waals surface area contributed by atoms with Crippen LogP contribution in [0.15, 0.2) is 53.7 Å². The first kappa shape index (κ1) is 26.6. The van der Waals surface area contributed by atoms with Gasteiger partial charge >= 0.3 is 5.97 Å². The standard InChI is InChI=1S/C28H33FN2O6/c1-5-35-26(32)23-17(2)30-18(3)28(27(33)34,13-14-31(4)15-19-9-11-21(29)12-10-19)24(23)22-8-6-7-20-16-36-37-25(20)22/h6-12,18,24,30H,5,13-16H2,1-4H3,(H,33,34)/p-1. The van der Waals surface area contributed by atoms with Gasteiger partial charge in [0.15, 0.2) is 5.75 Å². The summed E-state index contributed by atoms with van der Waals surface area (Å²) >= 11 is 0. The Morgan fingerprint density at radius 3 is 2.65 bits per heavy atom. The topological polar surface area (TPSA) is 100 Å². The lowest BCUT2D eigenvalue weighted by atomic mass is 9.60. The van der Waals surface area contributed by atoms with Crippen molar-refractivity contribution in [2.24, 2.45) is 5.41 Å². The summed E-state index contributed by atoms with van der Waals surface area (Å²) in [6.07, 6.45) is 0.159. The SMILES string of the molecule is CCOC(=O)C1=C(C)NC(C)C(CCN(C)Cc2ccc(F)cc2)(C(=O)[O-])C1c1cccc2c1OOC2. The molecule has 0 saturated heterocycles. The molecule has 37 heavy (non-hydrogen) atoms. The molecule has 2 aliphatic rings. The molecular weight excluding hydrogens is 479 g/mol. The number of benzene rings is 2. The maximum absolute atomic E-state index is 13.3. The maximum atomic E-state index is 13.3. The highest BCUT2D eigenvalue weighted by molar-refractivity contribution is 5.94. The number of hydrogen-bond acceptors (Lipinski definition) is 8. The van der Waals surface area contributed by atoms with E-state index in [0.29, 0.717) is 30.1 Å². The number of halogens is 1. The van der Waals surface area contributed by atoms with Crippen molar-refractivity contribution < 1.29 is 33.6 Å². The van der Waals surface area contributed by atoms with Gasteiger partial charge in [0.25, 0.3) is 0 Å². The molecule has 0 spiro atoms. The first-order chi connectivity index (χ1) is 17.7. The van der Waals surface area contributed by atoms with E-state index < -0.39 is 29.3 Å². The number of hydrogen-bond donors (Lipinski definition) is 1. The molecule has 0 amide bonds. The first-order valence-corrected chi connectivity index (χ1v) is 12.4. The Kier molecular flexibility index (Phi) is 7.85. The van der Waals surface area contributed by atoms with Crippen LogP contribution in [0.1, 0.15) is 49.8 Å². The van der Waals surface area contributed by atoms with Gasteiger partial charge in [-0.05, 0) is 58.5 Å². The van der Waals surface area contributed by atoms with Gasteiger partial charge in [0.2, 0.25) is 0 Å². The fraction of sp³-hybridized carbons (Fsp3) is 0.429. The molecule has 2 aromatic carbocycles. The van der Waals surface area contributed by atoms with Crippen LogP contribution < -0.4 is 15.3 Å². The number of allylic oxidation sites excluding steroid dienone is 1. The summed E-state index contributed by atoms with van der Waals surface area (Å²) in [5.41, 5.74) is 1.45. The predicted molar refractivity (Wildman–Crippen MR) is 131 cm³/mol. The summed E-state index contributed by atoms with van der Waals surface area (Å²) < 4.78 is 18.7. The molecule has 2 aliphatic heterocycles. The summed E-state index contributed by atoms with van der Waals surface area (Å²) in [6, 6.07) is 11.0. The number of nitrogens with zero attached hydrogens (tertiary/aromatic N) is 1. The van der Waals surface area contributed by atoms with Crippen LogP contribution in [0, 0.1) is 11.2 Å². The Labute approximate surface area is 215 Å². The van der Waals surface area contributed by atoms with Crippen molar-refractivity contribution in [2.45, 2.75) is 52.3 Å². The van der Waals surface area contributed by atoms with Crippen LogP contribution in [0.25, 0.3) is 0 Å². The van der Waals surface area contributed by atoms with E-state index >= 15 is 0 Å². The van der Waals surface area contributed by atoms with E-state index in [1.165, 1.54) is 12.1 Å². The highest BCUT2D eigenvalue weighted by Gasteiger charge is 2.53. The number of carbonyl (C=O) groups excluding carboxylic acids is 2. The van der Waals surface area contributed by atoms with E-state index in [4.69, 9.17) is 14.5 Å². The number of carbonyl (C=O) groups is 2. The van der Waals surface area contributed by atoms with Crippen molar-refractivity contribution in [3.8, 4) is 5.75 Å². The molecular formula is C28H32FN2O6-. The minimum Gasteiger partial charge on any atom is -0.549 e. The monoisotopic (exact) mass is 511 g/mol. The summed E-state index contributed by atoms with van der Waals surface area (Å²) in [4.78, 5) is 39.1. The highest BCUT2D eigenvalue weighted by atomic mass is 19.1. The van der Waals surface area contributed by atoms with E-state index in [9.17, 15) is 19.1 Å². The molecule has 2 aromatic rings. The maximum Gasteiger partial charge on any atom is 0.336 e. The number of carboxylic acid groups (broad SMARTS) is 1. The van der Waals surface area contributed by atoms with Crippen molar-refractivity contribution in [3.05, 3.63) is 76.2 Å². The zero-order valence-corrected chi connectivity index (χ0v) is 21.5. The number of ether oxygens (including phenoxy) is 1. The Bertz CT molecular complexity index is 1200. The largest absolute Gasteiger partial charge is 0.549 e. The summed E-state index contributed by atoms with van der Waals surface area (Å²) in [6.45, 7) is 6.46. The van der Waals surface area contributed by atoms with Crippen LogP contribution in [-0.4, -0.2) is 43.1 Å². The van der Waals surface area contributed by atoms with Crippen LogP contribution in [0.2, 0.25) is 0 Å².